The van der Waals surface area contributed by atoms with Crippen LogP contribution in [0.15, 0.2) is 41.4 Å². The molecular formula is C19H22Cl2CoN2O. The number of benzene rings is 1. The van der Waals surface area contributed by atoms with Crippen LogP contribution < -0.4 is 0 Å². The number of pyridine rings is 1. The Morgan fingerprint density at radius 1 is 1.00 bits per heavy atom. The third kappa shape index (κ3) is 6.55. The summed E-state index contributed by atoms with van der Waals surface area (Å²) in [7, 11) is 9.47. The van der Waals surface area contributed by atoms with Gasteiger partial charge in [-0.05, 0) is 43.0 Å². The van der Waals surface area contributed by atoms with Gasteiger partial charge >= 0.3 is 33.2 Å². The molecule has 0 aliphatic heterocycles. The average Bonchev–Trinajstić information content (AvgIpc) is 2.62. The monoisotopic (exact) mass is 423 g/mol. The zero-order valence-corrected chi connectivity index (χ0v) is 17.3. The molecule has 25 heavy (non-hydrogen) atoms. The van der Waals surface area contributed by atoms with Crippen molar-refractivity contribution in [2.24, 2.45) is 4.99 Å². The summed E-state index contributed by atoms with van der Waals surface area (Å²) in [5.74, 6) is -0.0298. The van der Waals surface area contributed by atoms with Crippen LogP contribution in [-0.2, 0) is 25.7 Å². The number of Topliss-reactive ketones (excluding diaryl/α,β-unsaturated/α-hetero) is 1. The number of rotatable bonds is 5. The van der Waals surface area contributed by atoms with Gasteiger partial charge in [0.05, 0.1) is 17.1 Å². The third-order valence-electron chi connectivity index (χ3n) is 3.72. The van der Waals surface area contributed by atoms with Crippen molar-refractivity contribution >= 4 is 37.5 Å². The normalized spacial score (nSPS) is 11.0. The zero-order chi connectivity index (χ0) is 18.8. The Balaban J connectivity index is 0.000000970. The first-order valence-corrected chi connectivity index (χ1v) is 10.8. The van der Waals surface area contributed by atoms with Crippen LogP contribution in [0.25, 0.3) is 0 Å². The van der Waals surface area contributed by atoms with Crippen molar-refractivity contribution in [2.45, 2.75) is 40.5 Å². The number of ketones is 1. The van der Waals surface area contributed by atoms with Crippen LogP contribution in [0.3, 0.4) is 0 Å². The van der Waals surface area contributed by atoms with Gasteiger partial charge in [-0.2, -0.15) is 0 Å². The van der Waals surface area contributed by atoms with Crippen LogP contribution >= 0.6 is 20.3 Å². The molecule has 0 atom stereocenters. The molecule has 0 unspecified atom stereocenters. The molecule has 0 bridgehead atoms. The van der Waals surface area contributed by atoms with Crippen LogP contribution in [0.4, 0.5) is 5.69 Å². The summed E-state index contributed by atoms with van der Waals surface area (Å²) in [5.41, 5.74) is 5.58. The van der Waals surface area contributed by atoms with E-state index in [1.54, 1.807) is 6.07 Å². The Hall–Kier alpha value is -1.20. The molecular weight excluding hydrogens is 402 g/mol. The molecule has 2 aromatic rings. The number of aryl methyl sites for hydroxylation is 2. The molecule has 1 aromatic carbocycles. The van der Waals surface area contributed by atoms with Crippen LogP contribution in [0.1, 0.15) is 55.0 Å². The van der Waals surface area contributed by atoms with Crippen molar-refractivity contribution in [3.8, 4) is 0 Å². The van der Waals surface area contributed by atoms with Crippen LogP contribution in [-0.4, -0.2) is 16.5 Å². The molecule has 1 aromatic heterocycles. The van der Waals surface area contributed by atoms with Gasteiger partial charge in [0, 0.05) is 6.92 Å². The molecule has 0 saturated heterocycles. The molecule has 0 amide bonds. The number of aromatic nitrogens is 1. The number of hydrogen-bond acceptors (Lipinski definition) is 3. The van der Waals surface area contributed by atoms with E-state index in [-0.39, 0.29) is 5.78 Å². The van der Waals surface area contributed by atoms with Gasteiger partial charge in [-0.3, -0.25) is 9.79 Å². The van der Waals surface area contributed by atoms with E-state index in [0.717, 1.165) is 29.9 Å². The fraction of sp³-hybridized carbons (Fsp3) is 0.316. The molecule has 0 radical (unpaired) electrons. The van der Waals surface area contributed by atoms with Crippen LogP contribution in [0.2, 0.25) is 0 Å². The average molecular weight is 424 g/mol. The van der Waals surface area contributed by atoms with Crippen molar-refractivity contribution in [2.75, 3.05) is 0 Å². The first-order valence-electron chi connectivity index (χ1n) is 7.96. The zero-order valence-electron chi connectivity index (χ0n) is 14.8. The molecule has 137 valence electrons. The second-order valence-corrected chi connectivity index (χ2v) is 7.06. The van der Waals surface area contributed by atoms with Crippen LogP contribution in [0.5, 0.6) is 0 Å². The van der Waals surface area contributed by atoms with Gasteiger partial charge in [0.25, 0.3) is 0 Å². The molecule has 1 heterocycles. The minimum absolute atomic E-state index is 0.0298. The van der Waals surface area contributed by atoms with E-state index in [9.17, 15) is 4.79 Å². The fourth-order valence-electron chi connectivity index (χ4n) is 2.42. The topological polar surface area (TPSA) is 42.3 Å². The maximum absolute atomic E-state index is 11.5. The number of aliphatic imine (C=N–C) groups is 1. The quantitative estimate of drug-likeness (QED) is 0.441. The Kier molecular flexibility index (Phi) is 9.98. The Labute approximate surface area is 164 Å². The molecule has 3 nitrogen and oxygen atoms in total. The predicted molar refractivity (Wildman–Crippen MR) is 103 cm³/mol. The van der Waals surface area contributed by atoms with Gasteiger partial charge in [0.1, 0.15) is 5.69 Å². The van der Waals surface area contributed by atoms with Crippen molar-refractivity contribution in [3.63, 3.8) is 0 Å². The van der Waals surface area contributed by atoms with Crippen molar-refractivity contribution in [3.05, 3.63) is 58.9 Å². The molecule has 2 rings (SSSR count). The van der Waals surface area contributed by atoms with Gasteiger partial charge in [-0.1, -0.05) is 38.1 Å². The molecule has 0 saturated carbocycles. The summed E-state index contributed by atoms with van der Waals surface area (Å²) in [6, 6.07) is 11.8. The first kappa shape index (κ1) is 21.8. The van der Waals surface area contributed by atoms with E-state index >= 15 is 0 Å². The van der Waals surface area contributed by atoms with E-state index in [1.165, 1.54) is 18.1 Å². The third-order valence-corrected chi connectivity index (χ3v) is 3.72. The Morgan fingerprint density at radius 2 is 1.48 bits per heavy atom. The molecule has 0 aliphatic rings. The van der Waals surface area contributed by atoms with Gasteiger partial charge in [0.15, 0.2) is 5.78 Å². The van der Waals surface area contributed by atoms with Gasteiger partial charge in [-0.15, -0.1) is 0 Å². The van der Waals surface area contributed by atoms with Crippen molar-refractivity contribution in [1.82, 2.24) is 4.98 Å². The predicted octanol–water partition coefficient (Wildman–Crippen LogP) is 5.93. The molecule has 6 heteroatoms. The second kappa shape index (κ2) is 11.4. The van der Waals surface area contributed by atoms with Crippen molar-refractivity contribution in [1.29, 1.82) is 0 Å². The van der Waals surface area contributed by atoms with Crippen molar-refractivity contribution < 1.29 is 17.7 Å². The first-order chi connectivity index (χ1) is 12.0. The van der Waals surface area contributed by atoms with Gasteiger partial charge in [0.2, 0.25) is 0 Å². The summed E-state index contributed by atoms with van der Waals surface area (Å²) >= 11 is 0.382. The van der Waals surface area contributed by atoms with Gasteiger partial charge in [-0.25, -0.2) is 4.98 Å². The summed E-state index contributed by atoms with van der Waals surface area (Å²) in [5, 5.41) is 0. The maximum atomic E-state index is 11.5. The number of carbonyl (C=O) groups is 1. The summed E-state index contributed by atoms with van der Waals surface area (Å²) < 4.78 is 0. The summed E-state index contributed by atoms with van der Waals surface area (Å²) in [6.45, 7) is 7.74. The Bertz CT molecular complexity index is 726. The SMILES string of the molecule is CCc1cccc(CC)c1N=C(C)c1cccc(C(C)=O)n1.[Cl][Co][Cl]. The van der Waals surface area contributed by atoms with E-state index in [0.29, 0.717) is 18.6 Å². The van der Waals surface area contributed by atoms with Gasteiger partial charge < -0.3 is 0 Å². The number of para-hydroxylation sites is 1. The number of halogens is 2. The minimum atomic E-state index is -0.0298. The van der Waals surface area contributed by atoms with E-state index in [1.807, 2.05) is 19.1 Å². The summed E-state index contributed by atoms with van der Waals surface area (Å²) in [4.78, 5) is 20.7. The van der Waals surface area contributed by atoms with E-state index in [2.05, 4.69) is 37.0 Å². The second-order valence-electron chi connectivity index (χ2n) is 5.34. The standard InChI is InChI=1S/C19H22N2O.2ClH.Co/c1-5-15-9-7-10-16(6-2)19(15)20-13(3)17-11-8-12-18(21-17)14(4)22;;;/h7-12H,5-6H2,1-4H3;2*1H;/q;;;+2/p-2. The fourth-order valence-corrected chi connectivity index (χ4v) is 2.42. The number of nitrogens with zero attached hydrogens (tertiary/aromatic N) is 2. The van der Waals surface area contributed by atoms with E-state index < -0.39 is 0 Å². The number of hydrogen-bond donors (Lipinski definition) is 0. The molecule has 0 fully saturated rings. The van der Waals surface area contributed by atoms with Crippen LogP contribution in [0, 0.1) is 0 Å². The Morgan fingerprint density at radius 3 is 1.96 bits per heavy atom. The number of carbonyl (C=O) groups excluding carboxylic acids is 1. The summed E-state index contributed by atoms with van der Waals surface area (Å²) in [6.07, 6.45) is 1.89. The molecule has 0 N–H and O–H groups in total. The molecule has 0 aliphatic carbocycles. The molecule has 0 spiro atoms. The van der Waals surface area contributed by atoms with E-state index in [4.69, 9.17) is 25.3 Å².